The zero-order valence-corrected chi connectivity index (χ0v) is 11.3. The number of hydrogen-bond acceptors (Lipinski definition) is 3. The molecule has 0 spiro atoms. The molecule has 0 aliphatic heterocycles. The Hall–Kier alpha value is -1.13. The van der Waals surface area contributed by atoms with Gasteiger partial charge in [0.25, 0.3) is 0 Å². The number of hydrogen-bond donors (Lipinski definition) is 1. The summed E-state index contributed by atoms with van der Waals surface area (Å²) in [6.45, 7) is 7.59. The number of anilines is 1. The van der Waals surface area contributed by atoms with Crippen LogP contribution in [0.4, 0.5) is 10.1 Å². The second-order valence-electron chi connectivity index (χ2n) is 3.97. The van der Waals surface area contributed by atoms with Gasteiger partial charge in [-0.05, 0) is 32.9 Å². The van der Waals surface area contributed by atoms with Gasteiger partial charge in [-0.2, -0.15) is 0 Å². The van der Waals surface area contributed by atoms with Crippen LogP contribution in [0, 0.1) is 12.7 Å². The van der Waals surface area contributed by atoms with Gasteiger partial charge < -0.3 is 14.8 Å². The van der Waals surface area contributed by atoms with Crippen molar-refractivity contribution in [2.45, 2.75) is 33.5 Å². The lowest BCUT2D eigenvalue weighted by Gasteiger charge is -2.18. The summed E-state index contributed by atoms with van der Waals surface area (Å²) in [6.07, 6.45) is 0.541. The predicted octanol–water partition coefficient (Wildman–Crippen LogP) is 3.34. The molecule has 0 unspecified atom stereocenters. The quantitative estimate of drug-likeness (QED) is 0.723. The molecular formula is C14H22FNO2. The first-order valence-electron chi connectivity index (χ1n) is 6.41. The minimum Gasteiger partial charge on any atom is -0.385 e. The third-order valence-corrected chi connectivity index (χ3v) is 2.67. The van der Waals surface area contributed by atoms with Crippen molar-refractivity contribution in [2.24, 2.45) is 0 Å². The summed E-state index contributed by atoms with van der Waals surface area (Å²) in [6, 6.07) is 5.03. The fourth-order valence-corrected chi connectivity index (χ4v) is 1.71. The fraction of sp³-hybridized carbons (Fsp3) is 0.571. The van der Waals surface area contributed by atoms with Crippen LogP contribution in [0.2, 0.25) is 0 Å². The van der Waals surface area contributed by atoms with E-state index in [4.69, 9.17) is 9.47 Å². The van der Waals surface area contributed by atoms with Gasteiger partial charge in [-0.1, -0.05) is 6.07 Å². The van der Waals surface area contributed by atoms with Crippen molar-refractivity contribution >= 4 is 5.69 Å². The van der Waals surface area contributed by atoms with E-state index >= 15 is 0 Å². The van der Waals surface area contributed by atoms with Crippen LogP contribution in [0.25, 0.3) is 0 Å². The van der Waals surface area contributed by atoms with E-state index in [0.29, 0.717) is 25.3 Å². The molecule has 0 bridgehead atoms. The molecule has 0 atom stereocenters. The Bertz CT molecular complexity index is 352. The highest BCUT2D eigenvalue weighted by Gasteiger charge is 2.08. The molecule has 3 nitrogen and oxygen atoms in total. The van der Waals surface area contributed by atoms with E-state index in [-0.39, 0.29) is 12.1 Å². The molecule has 0 saturated heterocycles. The molecule has 0 aliphatic carbocycles. The molecule has 0 aliphatic rings. The molecule has 1 aromatic rings. The zero-order chi connectivity index (χ0) is 13.4. The molecule has 1 N–H and O–H groups in total. The summed E-state index contributed by atoms with van der Waals surface area (Å²) in [4.78, 5) is 0. The van der Waals surface area contributed by atoms with Crippen LogP contribution >= 0.6 is 0 Å². The molecule has 0 fully saturated rings. The molecular weight excluding hydrogens is 233 g/mol. The second kappa shape index (κ2) is 8.06. The molecule has 1 aromatic carbocycles. The summed E-state index contributed by atoms with van der Waals surface area (Å²) >= 11 is 0. The van der Waals surface area contributed by atoms with Gasteiger partial charge in [0.1, 0.15) is 5.82 Å². The van der Waals surface area contributed by atoms with Gasteiger partial charge in [0.15, 0.2) is 6.29 Å². The monoisotopic (exact) mass is 255 g/mol. The van der Waals surface area contributed by atoms with Gasteiger partial charge in [-0.25, -0.2) is 4.39 Å². The Morgan fingerprint density at radius 1 is 1.22 bits per heavy atom. The lowest BCUT2D eigenvalue weighted by molar-refractivity contribution is -0.137. The van der Waals surface area contributed by atoms with Gasteiger partial charge in [0, 0.05) is 37.4 Å². The van der Waals surface area contributed by atoms with Crippen LogP contribution in [-0.2, 0) is 9.47 Å². The minimum atomic E-state index is -0.193. The number of benzene rings is 1. The third-order valence-electron chi connectivity index (χ3n) is 2.67. The first kappa shape index (κ1) is 14.9. The zero-order valence-electron chi connectivity index (χ0n) is 11.3. The first-order valence-corrected chi connectivity index (χ1v) is 6.41. The Balaban J connectivity index is 2.42. The van der Waals surface area contributed by atoms with Crippen molar-refractivity contribution in [3.63, 3.8) is 0 Å². The van der Waals surface area contributed by atoms with E-state index in [0.717, 1.165) is 12.1 Å². The van der Waals surface area contributed by atoms with Gasteiger partial charge in [0.05, 0.1) is 0 Å². The van der Waals surface area contributed by atoms with Gasteiger partial charge in [0.2, 0.25) is 0 Å². The summed E-state index contributed by atoms with van der Waals surface area (Å²) < 4.78 is 24.2. The third kappa shape index (κ3) is 4.63. The van der Waals surface area contributed by atoms with Crippen molar-refractivity contribution < 1.29 is 13.9 Å². The highest BCUT2D eigenvalue weighted by atomic mass is 19.1. The molecule has 1 rings (SSSR count). The van der Waals surface area contributed by atoms with E-state index in [1.165, 1.54) is 6.07 Å². The maximum atomic E-state index is 13.3. The SMILES string of the molecule is CCOC(CCNc1cccc(F)c1C)OCC. The van der Waals surface area contributed by atoms with Crippen LogP contribution in [0.1, 0.15) is 25.8 Å². The number of ether oxygens (including phenoxy) is 2. The van der Waals surface area contributed by atoms with Crippen molar-refractivity contribution in [3.05, 3.63) is 29.6 Å². The maximum Gasteiger partial charge on any atom is 0.159 e. The van der Waals surface area contributed by atoms with E-state index in [1.807, 2.05) is 19.9 Å². The van der Waals surface area contributed by atoms with Crippen LogP contribution in [0.15, 0.2) is 18.2 Å². The fourth-order valence-electron chi connectivity index (χ4n) is 1.71. The van der Waals surface area contributed by atoms with Crippen molar-refractivity contribution in [3.8, 4) is 0 Å². The predicted molar refractivity (Wildman–Crippen MR) is 71.3 cm³/mol. The largest absolute Gasteiger partial charge is 0.385 e. The molecule has 0 aromatic heterocycles. The van der Waals surface area contributed by atoms with E-state index in [9.17, 15) is 4.39 Å². The van der Waals surface area contributed by atoms with E-state index in [2.05, 4.69) is 5.32 Å². The highest BCUT2D eigenvalue weighted by molar-refractivity contribution is 5.50. The van der Waals surface area contributed by atoms with Crippen molar-refractivity contribution in [1.82, 2.24) is 0 Å². The van der Waals surface area contributed by atoms with Gasteiger partial charge in [-0.3, -0.25) is 0 Å². The van der Waals surface area contributed by atoms with Gasteiger partial charge in [-0.15, -0.1) is 0 Å². The molecule has 0 radical (unpaired) electrons. The van der Waals surface area contributed by atoms with E-state index in [1.54, 1.807) is 13.0 Å². The van der Waals surface area contributed by atoms with Crippen LogP contribution in [0.5, 0.6) is 0 Å². The molecule has 18 heavy (non-hydrogen) atoms. The lowest BCUT2D eigenvalue weighted by Crippen LogP contribution is -2.21. The standard InChI is InChI=1S/C14H22FNO2/c1-4-17-14(18-5-2)9-10-16-13-8-6-7-12(15)11(13)3/h6-8,14,16H,4-5,9-10H2,1-3H3. The average Bonchev–Trinajstić information content (AvgIpc) is 2.35. The van der Waals surface area contributed by atoms with Crippen LogP contribution in [0.3, 0.4) is 0 Å². The lowest BCUT2D eigenvalue weighted by atomic mass is 10.2. The number of nitrogens with one attached hydrogen (secondary N) is 1. The Morgan fingerprint density at radius 3 is 2.50 bits per heavy atom. The highest BCUT2D eigenvalue weighted by Crippen LogP contribution is 2.17. The summed E-state index contributed by atoms with van der Waals surface area (Å²) in [7, 11) is 0. The summed E-state index contributed by atoms with van der Waals surface area (Å²) in [5, 5.41) is 3.20. The summed E-state index contributed by atoms with van der Waals surface area (Å²) in [5.74, 6) is -0.189. The molecule has 0 saturated carbocycles. The van der Waals surface area contributed by atoms with E-state index < -0.39 is 0 Å². The van der Waals surface area contributed by atoms with Crippen LogP contribution in [-0.4, -0.2) is 26.0 Å². The first-order chi connectivity index (χ1) is 8.69. The van der Waals surface area contributed by atoms with Crippen LogP contribution < -0.4 is 5.32 Å². The minimum absolute atomic E-state index is 0.189. The topological polar surface area (TPSA) is 30.5 Å². The Labute approximate surface area is 108 Å². The number of rotatable bonds is 8. The second-order valence-corrected chi connectivity index (χ2v) is 3.97. The normalized spacial score (nSPS) is 10.9. The number of halogens is 1. The van der Waals surface area contributed by atoms with Crippen molar-refractivity contribution in [1.29, 1.82) is 0 Å². The Morgan fingerprint density at radius 2 is 1.89 bits per heavy atom. The molecule has 4 heteroatoms. The Kier molecular flexibility index (Phi) is 6.68. The van der Waals surface area contributed by atoms with Crippen molar-refractivity contribution in [2.75, 3.05) is 25.1 Å². The maximum absolute atomic E-state index is 13.3. The molecule has 0 amide bonds. The average molecular weight is 255 g/mol. The smallest absolute Gasteiger partial charge is 0.159 e. The van der Waals surface area contributed by atoms with Gasteiger partial charge >= 0.3 is 0 Å². The molecule has 102 valence electrons. The molecule has 0 heterocycles. The summed E-state index contributed by atoms with van der Waals surface area (Å²) in [5.41, 5.74) is 1.46.